The van der Waals surface area contributed by atoms with E-state index >= 15 is 0 Å². The van der Waals surface area contributed by atoms with Crippen molar-refractivity contribution >= 4 is 24.0 Å². The van der Waals surface area contributed by atoms with Gasteiger partial charge in [0.15, 0.2) is 0 Å². The van der Waals surface area contributed by atoms with E-state index in [4.69, 9.17) is 12.6 Å². The zero-order chi connectivity index (χ0) is 12.4. The van der Waals surface area contributed by atoms with Gasteiger partial charge in [-0.2, -0.15) is 0 Å². The lowest BCUT2D eigenvalue weighted by Gasteiger charge is -1.97. The van der Waals surface area contributed by atoms with E-state index in [0.29, 0.717) is 4.34 Å². The van der Waals surface area contributed by atoms with Gasteiger partial charge >= 0.3 is 0 Å². The van der Waals surface area contributed by atoms with Crippen molar-refractivity contribution in [3.63, 3.8) is 0 Å². The molecule has 2 nitrogen and oxygen atoms in total. The summed E-state index contributed by atoms with van der Waals surface area (Å²) in [5.41, 5.74) is 2.17. The number of para-hydroxylation sites is 1. The third kappa shape index (κ3) is 2.12. The van der Waals surface area contributed by atoms with Crippen LogP contribution in [0.5, 0.6) is 0 Å². The second-order valence-electron chi connectivity index (χ2n) is 3.79. The molecule has 88 valence electrons. The molecule has 0 spiro atoms. The van der Waals surface area contributed by atoms with Crippen LogP contribution >= 0.6 is 11.3 Å². The van der Waals surface area contributed by atoms with E-state index in [2.05, 4.69) is 17.2 Å². The van der Waals surface area contributed by atoms with Crippen molar-refractivity contribution in [3.8, 4) is 16.3 Å². The predicted molar refractivity (Wildman–Crippen MR) is 74.7 cm³/mol. The van der Waals surface area contributed by atoms with Gasteiger partial charge in [-0.1, -0.05) is 41.1 Å². The first-order valence-corrected chi connectivity index (χ1v) is 6.78. The fourth-order valence-corrected chi connectivity index (χ4v) is 2.87. The summed E-state index contributed by atoms with van der Waals surface area (Å²) >= 11 is 6.74. The molecule has 1 aromatic heterocycles. The van der Waals surface area contributed by atoms with Crippen molar-refractivity contribution in [1.82, 2.24) is 5.10 Å². The van der Waals surface area contributed by atoms with Gasteiger partial charge in [0.2, 0.25) is 10.7 Å². The first kappa shape index (κ1) is 11.3. The van der Waals surface area contributed by atoms with E-state index in [1.54, 1.807) is 0 Å². The molecule has 2 aromatic carbocycles. The van der Waals surface area contributed by atoms with Crippen molar-refractivity contribution in [2.75, 3.05) is 0 Å². The molecule has 0 amide bonds. The molecule has 0 radical (unpaired) electrons. The van der Waals surface area contributed by atoms with Gasteiger partial charge in [-0.25, -0.2) is 0 Å². The second-order valence-corrected chi connectivity index (χ2v) is 5.41. The summed E-state index contributed by atoms with van der Waals surface area (Å²) in [4.78, 5) is 0. The number of nitrogens with zero attached hydrogens (tertiary/aromatic N) is 2. The lowest BCUT2D eigenvalue weighted by Crippen LogP contribution is -2.34. The minimum atomic E-state index is 0.651. The normalized spacial score (nSPS) is 10.4. The zero-order valence-corrected chi connectivity index (χ0v) is 11.1. The highest BCUT2D eigenvalue weighted by Crippen LogP contribution is 2.23. The van der Waals surface area contributed by atoms with E-state index in [1.807, 2.05) is 53.2 Å². The van der Waals surface area contributed by atoms with Crippen LogP contribution in [0.3, 0.4) is 0 Å². The summed E-state index contributed by atoms with van der Waals surface area (Å²) < 4.78 is 2.56. The van der Waals surface area contributed by atoms with Gasteiger partial charge in [-0.15, -0.1) is 0 Å². The second kappa shape index (κ2) is 4.84. The van der Waals surface area contributed by atoms with E-state index in [0.717, 1.165) is 16.3 Å². The van der Waals surface area contributed by atoms with Crippen molar-refractivity contribution < 1.29 is 4.68 Å². The smallest absolute Gasteiger partial charge is 0.237 e. The summed E-state index contributed by atoms with van der Waals surface area (Å²) in [6.45, 7) is 0. The fourth-order valence-electron chi connectivity index (χ4n) is 1.78. The van der Waals surface area contributed by atoms with Crippen LogP contribution in [0.25, 0.3) is 16.3 Å². The Kier molecular flexibility index (Phi) is 3.04. The Hall–Kier alpha value is -1.78. The molecule has 3 rings (SSSR count). The van der Waals surface area contributed by atoms with Gasteiger partial charge in [0.25, 0.3) is 0 Å². The monoisotopic (exact) mass is 270 g/mol. The minimum Gasteiger partial charge on any atom is -0.402 e. The molecule has 0 unspecified atom stereocenters. The topological polar surface area (TPSA) is 16.8 Å². The number of hydrogen-bond donors (Lipinski definition) is 0. The molecule has 1 heterocycles. The first-order chi connectivity index (χ1) is 8.84. The van der Waals surface area contributed by atoms with E-state index in [-0.39, 0.29) is 0 Å². The van der Waals surface area contributed by atoms with Crippen LogP contribution in [0.15, 0.2) is 65.0 Å². The molecular formula is C14H10N2S2. The third-order valence-electron chi connectivity index (χ3n) is 2.58. The molecule has 0 bridgehead atoms. The average molecular weight is 270 g/mol. The van der Waals surface area contributed by atoms with Gasteiger partial charge in [0.1, 0.15) is 0 Å². The van der Waals surface area contributed by atoms with Crippen LogP contribution in [0.4, 0.5) is 0 Å². The third-order valence-corrected chi connectivity index (χ3v) is 3.77. The lowest BCUT2D eigenvalue weighted by atomic mass is 10.2. The predicted octanol–water partition coefficient (Wildman–Crippen LogP) is 2.99. The SMILES string of the molecule is [S-]c1n[n+](-c2ccccc2)c(-c2ccccc2)s1. The van der Waals surface area contributed by atoms with Crippen LogP contribution in [0, 0.1) is 0 Å². The summed E-state index contributed by atoms with van der Waals surface area (Å²) in [7, 11) is 0. The molecule has 0 fully saturated rings. The van der Waals surface area contributed by atoms with Gasteiger partial charge < -0.3 is 12.6 Å². The largest absolute Gasteiger partial charge is 0.402 e. The molecule has 0 aliphatic rings. The van der Waals surface area contributed by atoms with Gasteiger partial charge in [0, 0.05) is 22.0 Å². The summed E-state index contributed by atoms with van der Waals surface area (Å²) in [6.07, 6.45) is 0. The number of rotatable bonds is 2. The standard InChI is InChI=1S/C14H10N2S2/c17-14-15-16(12-9-5-2-6-10-12)13(18-14)11-7-3-1-4-8-11/h1-10H. The van der Waals surface area contributed by atoms with Crippen LogP contribution in [0.1, 0.15) is 0 Å². The number of aromatic nitrogens is 2. The molecule has 18 heavy (non-hydrogen) atoms. The molecule has 0 aliphatic heterocycles. The van der Waals surface area contributed by atoms with Crippen molar-refractivity contribution in [3.05, 3.63) is 60.7 Å². The Morgan fingerprint density at radius 2 is 1.50 bits per heavy atom. The maximum Gasteiger partial charge on any atom is 0.237 e. The fraction of sp³-hybridized carbons (Fsp3) is 0. The number of benzene rings is 2. The lowest BCUT2D eigenvalue weighted by molar-refractivity contribution is -0.646. The van der Waals surface area contributed by atoms with E-state index in [1.165, 1.54) is 11.3 Å². The van der Waals surface area contributed by atoms with E-state index < -0.39 is 0 Å². The van der Waals surface area contributed by atoms with Gasteiger partial charge in [0.05, 0.1) is 0 Å². The molecule has 0 saturated heterocycles. The molecule has 4 heteroatoms. The Balaban J connectivity index is 2.17. The highest BCUT2D eigenvalue weighted by atomic mass is 32.2. The molecule has 3 aromatic rings. The van der Waals surface area contributed by atoms with Crippen LogP contribution in [-0.2, 0) is 12.6 Å². The zero-order valence-electron chi connectivity index (χ0n) is 9.48. The van der Waals surface area contributed by atoms with E-state index in [9.17, 15) is 0 Å². The quantitative estimate of drug-likeness (QED) is 0.526. The average Bonchev–Trinajstić information content (AvgIpc) is 2.83. The van der Waals surface area contributed by atoms with Crippen molar-refractivity contribution in [1.29, 1.82) is 0 Å². The van der Waals surface area contributed by atoms with Crippen LogP contribution < -0.4 is 4.68 Å². The Morgan fingerprint density at radius 1 is 0.889 bits per heavy atom. The summed E-state index contributed by atoms with van der Waals surface area (Å²) in [6, 6.07) is 20.2. The minimum absolute atomic E-state index is 0.651. The first-order valence-electron chi connectivity index (χ1n) is 5.55. The molecular weight excluding hydrogens is 260 g/mol. The molecule has 0 aliphatic carbocycles. The highest BCUT2D eigenvalue weighted by molar-refractivity contribution is 7.62. The van der Waals surface area contributed by atoms with Crippen molar-refractivity contribution in [2.24, 2.45) is 0 Å². The van der Waals surface area contributed by atoms with Crippen LogP contribution in [-0.4, -0.2) is 5.10 Å². The summed E-state index contributed by atoms with van der Waals surface area (Å²) in [5.74, 6) is 0. The van der Waals surface area contributed by atoms with Gasteiger partial charge in [-0.3, -0.25) is 11.3 Å². The number of hydrogen-bond acceptors (Lipinski definition) is 3. The Labute approximate surface area is 115 Å². The summed E-state index contributed by atoms with van der Waals surface area (Å²) in [5, 5.41) is 5.47. The highest BCUT2D eigenvalue weighted by Gasteiger charge is 2.16. The maximum atomic E-state index is 5.21. The molecule has 0 saturated carbocycles. The Morgan fingerprint density at radius 3 is 2.17 bits per heavy atom. The van der Waals surface area contributed by atoms with Crippen LogP contribution in [0.2, 0.25) is 0 Å². The molecule has 0 atom stereocenters. The van der Waals surface area contributed by atoms with Crippen molar-refractivity contribution in [2.45, 2.75) is 4.34 Å². The Bertz CT molecular complexity index is 591. The maximum absolute atomic E-state index is 5.21. The molecule has 0 N–H and O–H groups in total. The van der Waals surface area contributed by atoms with Gasteiger partial charge in [-0.05, 0) is 17.2 Å².